The number of hydrogen-bond acceptors (Lipinski definition) is 7. The summed E-state index contributed by atoms with van der Waals surface area (Å²) in [7, 11) is 0. The molecule has 130 valence electrons. The molecular formula is C16H22N4O4. The van der Waals surface area contributed by atoms with E-state index in [-0.39, 0.29) is 0 Å². The molecule has 0 radical (unpaired) electrons. The zero-order valence-electron chi connectivity index (χ0n) is 14.1. The number of ether oxygens (including phenoxy) is 3. The first-order chi connectivity index (χ1) is 11.2. The van der Waals surface area contributed by atoms with Crippen molar-refractivity contribution in [3.8, 4) is 0 Å². The average Bonchev–Trinajstić information content (AvgIpc) is 3.07. The van der Waals surface area contributed by atoms with E-state index in [1.807, 2.05) is 37.6 Å². The van der Waals surface area contributed by atoms with Gasteiger partial charge in [0.25, 0.3) is 0 Å². The summed E-state index contributed by atoms with van der Waals surface area (Å²) in [4.78, 5) is 8.35. The van der Waals surface area contributed by atoms with Crippen LogP contribution in [0.3, 0.4) is 0 Å². The van der Waals surface area contributed by atoms with Gasteiger partial charge in [0.2, 0.25) is 0 Å². The largest absolute Gasteiger partial charge is 0.391 e. The van der Waals surface area contributed by atoms with Crippen LogP contribution in [-0.4, -0.2) is 49.3 Å². The van der Waals surface area contributed by atoms with Crippen LogP contribution in [0, 0.1) is 0 Å². The molecule has 2 aromatic rings. The molecular weight excluding hydrogens is 312 g/mol. The van der Waals surface area contributed by atoms with E-state index in [0.29, 0.717) is 11.5 Å². The minimum absolute atomic E-state index is 0.394. The lowest BCUT2D eigenvalue weighted by Crippen LogP contribution is -2.43. The molecule has 1 unspecified atom stereocenters. The molecule has 0 aromatic carbocycles. The molecule has 2 fully saturated rings. The third kappa shape index (κ3) is 2.07. The van der Waals surface area contributed by atoms with E-state index < -0.39 is 35.9 Å². The van der Waals surface area contributed by atoms with E-state index in [2.05, 4.69) is 9.97 Å². The van der Waals surface area contributed by atoms with Gasteiger partial charge in [0, 0.05) is 6.20 Å². The second-order valence-corrected chi connectivity index (χ2v) is 7.14. The van der Waals surface area contributed by atoms with Gasteiger partial charge in [0.15, 0.2) is 12.0 Å². The summed E-state index contributed by atoms with van der Waals surface area (Å²) >= 11 is 0. The molecule has 0 saturated carbocycles. The number of rotatable bonds is 2. The number of nitrogen functional groups attached to an aromatic ring is 1. The summed E-state index contributed by atoms with van der Waals surface area (Å²) < 4.78 is 20.2. The maximum Gasteiger partial charge on any atom is 0.167 e. The monoisotopic (exact) mass is 334 g/mol. The summed E-state index contributed by atoms with van der Waals surface area (Å²) in [5.41, 5.74) is 5.82. The fraction of sp³-hybridized carbons (Fsp3) is 0.625. The van der Waals surface area contributed by atoms with Crippen LogP contribution < -0.4 is 5.73 Å². The molecule has 4 heterocycles. The van der Waals surface area contributed by atoms with Crippen LogP contribution in [-0.2, 0) is 14.2 Å². The number of fused-ring (bicyclic) bond motifs is 2. The fourth-order valence-electron chi connectivity index (χ4n) is 3.86. The molecule has 5 atom stereocenters. The van der Waals surface area contributed by atoms with E-state index in [0.717, 1.165) is 5.39 Å². The molecule has 3 N–H and O–H groups in total. The van der Waals surface area contributed by atoms with Crippen molar-refractivity contribution in [1.29, 1.82) is 0 Å². The van der Waals surface area contributed by atoms with Gasteiger partial charge in [-0.15, -0.1) is 0 Å². The highest BCUT2D eigenvalue weighted by Crippen LogP contribution is 2.52. The molecule has 2 aliphatic rings. The smallest absolute Gasteiger partial charge is 0.167 e. The normalized spacial score (nSPS) is 36.1. The van der Waals surface area contributed by atoms with Gasteiger partial charge >= 0.3 is 0 Å². The van der Waals surface area contributed by atoms with Gasteiger partial charge in [-0.3, -0.25) is 0 Å². The number of hydrogen-bond donors (Lipinski definition) is 2. The fourth-order valence-corrected chi connectivity index (χ4v) is 3.86. The van der Waals surface area contributed by atoms with E-state index in [9.17, 15) is 5.11 Å². The number of aromatic nitrogens is 3. The van der Waals surface area contributed by atoms with Gasteiger partial charge in [-0.05, 0) is 33.8 Å². The van der Waals surface area contributed by atoms with Gasteiger partial charge in [-0.1, -0.05) is 0 Å². The maximum absolute atomic E-state index is 10.1. The first-order valence-corrected chi connectivity index (χ1v) is 8.01. The molecule has 0 spiro atoms. The zero-order valence-corrected chi connectivity index (χ0v) is 14.1. The van der Waals surface area contributed by atoms with Gasteiger partial charge < -0.3 is 29.6 Å². The van der Waals surface area contributed by atoms with Crippen molar-refractivity contribution in [2.24, 2.45) is 0 Å². The van der Waals surface area contributed by atoms with E-state index in [1.165, 1.54) is 6.33 Å². The van der Waals surface area contributed by atoms with Gasteiger partial charge in [0.1, 0.15) is 35.6 Å². The van der Waals surface area contributed by atoms with Crippen LogP contribution in [0.15, 0.2) is 18.6 Å². The van der Waals surface area contributed by atoms with E-state index in [4.69, 9.17) is 19.9 Å². The SMILES string of the molecule is C[C@H](O)[C@H]1O[C@@H](n2ccc3c(N)ncnc32)[C@]2(C)OC(C)(C)OC12. The summed E-state index contributed by atoms with van der Waals surface area (Å²) in [6.45, 7) is 7.35. The van der Waals surface area contributed by atoms with E-state index >= 15 is 0 Å². The Balaban J connectivity index is 1.83. The van der Waals surface area contributed by atoms with Gasteiger partial charge in [-0.25, -0.2) is 9.97 Å². The summed E-state index contributed by atoms with van der Waals surface area (Å²) in [6, 6.07) is 1.85. The lowest BCUT2D eigenvalue weighted by Gasteiger charge is -2.30. The first kappa shape index (κ1) is 15.8. The Morgan fingerprint density at radius 3 is 2.79 bits per heavy atom. The van der Waals surface area contributed by atoms with Crippen molar-refractivity contribution < 1.29 is 19.3 Å². The Morgan fingerprint density at radius 1 is 1.33 bits per heavy atom. The average molecular weight is 334 g/mol. The zero-order chi connectivity index (χ0) is 17.3. The van der Waals surface area contributed by atoms with Crippen LogP contribution in [0.5, 0.6) is 0 Å². The van der Waals surface area contributed by atoms with Crippen LogP contribution in [0.1, 0.15) is 33.9 Å². The van der Waals surface area contributed by atoms with E-state index in [1.54, 1.807) is 6.92 Å². The quantitative estimate of drug-likeness (QED) is 0.850. The third-order valence-corrected chi connectivity index (χ3v) is 4.78. The third-order valence-electron chi connectivity index (χ3n) is 4.78. The minimum atomic E-state index is -0.767. The summed E-state index contributed by atoms with van der Waals surface area (Å²) in [5, 5.41) is 10.9. The van der Waals surface area contributed by atoms with Crippen LogP contribution in [0.2, 0.25) is 0 Å². The van der Waals surface area contributed by atoms with Crippen molar-refractivity contribution >= 4 is 16.9 Å². The Hall–Kier alpha value is -1.74. The number of nitrogens with zero attached hydrogens (tertiary/aromatic N) is 3. The molecule has 2 aliphatic heterocycles. The molecule has 2 aromatic heterocycles. The highest BCUT2D eigenvalue weighted by atomic mass is 16.8. The topological polar surface area (TPSA) is 105 Å². The van der Waals surface area contributed by atoms with Crippen molar-refractivity contribution in [2.45, 2.75) is 63.6 Å². The predicted octanol–water partition coefficient (Wildman–Crippen LogP) is 1.20. The lowest BCUT2D eigenvalue weighted by atomic mass is 9.94. The molecule has 8 nitrogen and oxygen atoms in total. The number of aliphatic hydroxyl groups is 1. The number of anilines is 1. The van der Waals surface area contributed by atoms with Crippen LogP contribution in [0.4, 0.5) is 5.82 Å². The second kappa shape index (κ2) is 4.89. The predicted molar refractivity (Wildman–Crippen MR) is 86.0 cm³/mol. The Labute approximate surface area is 139 Å². The number of nitrogens with two attached hydrogens (primary N) is 1. The Kier molecular flexibility index (Phi) is 3.21. The summed E-state index contributed by atoms with van der Waals surface area (Å²) in [6.07, 6.45) is 1.17. The van der Waals surface area contributed by atoms with Crippen molar-refractivity contribution in [2.75, 3.05) is 5.73 Å². The highest BCUT2D eigenvalue weighted by molar-refractivity contribution is 5.86. The Bertz CT molecular complexity index is 789. The molecule has 4 rings (SSSR count). The molecule has 8 heteroatoms. The standard InChI is InChI=1S/C16H22N4O4/c1-8(21)10-11-16(4,24-15(2,3)23-11)14(22-10)20-6-5-9-12(17)18-7-19-13(9)20/h5-8,10-11,14,21H,1-4H3,(H2,17,18,19)/t8-,10+,11?,14+,16+/m0/s1. The minimum Gasteiger partial charge on any atom is -0.391 e. The van der Waals surface area contributed by atoms with Crippen LogP contribution >= 0.6 is 0 Å². The van der Waals surface area contributed by atoms with Gasteiger partial charge in [0.05, 0.1) is 11.5 Å². The Morgan fingerprint density at radius 2 is 2.08 bits per heavy atom. The molecule has 2 saturated heterocycles. The van der Waals surface area contributed by atoms with Crippen molar-refractivity contribution in [3.05, 3.63) is 18.6 Å². The summed E-state index contributed by atoms with van der Waals surface area (Å²) in [5.74, 6) is -0.347. The highest BCUT2D eigenvalue weighted by Gasteiger charge is 2.65. The first-order valence-electron chi connectivity index (χ1n) is 8.01. The molecule has 0 bridgehead atoms. The van der Waals surface area contributed by atoms with Crippen LogP contribution in [0.25, 0.3) is 11.0 Å². The molecule has 24 heavy (non-hydrogen) atoms. The lowest BCUT2D eigenvalue weighted by molar-refractivity contribution is -0.221. The molecule has 0 amide bonds. The second-order valence-electron chi connectivity index (χ2n) is 7.14. The van der Waals surface area contributed by atoms with Crippen molar-refractivity contribution in [3.63, 3.8) is 0 Å². The number of aliphatic hydroxyl groups excluding tert-OH is 1. The molecule has 0 aliphatic carbocycles. The maximum atomic E-state index is 10.1. The van der Waals surface area contributed by atoms with Crippen molar-refractivity contribution in [1.82, 2.24) is 14.5 Å². The van der Waals surface area contributed by atoms with Gasteiger partial charge in [-0.2, -0.15) is 0 Å².